The molecule has 0 fully saturated rings. The minimum Gasteiger partial charge on any atom is -0.349 e. The molecule has 0 aliphatic heterocycles. The number of carbonyl (C=O) groups excluding carboxylic acids is 1. The lowest BCUT2D eigenvalue weighted by Gasteiger charge is -2.17. The van der Waals surface area contributed by atoms with E-state index >= 15 is 0 Å². The van der Waals surface area contributed by atoms with Crippen molar-refractivity contribution in [3.8, 4) is 0 Å². The minimum absolute atomic E-state index is 0.129. The van der Waals surface area contributed by atoms with Gasteiger partial charge in [0, 0.05) is 6.20 Å². The Bertz CT molecular complexity index is 381. The molecule has 5 heteroatoms. The van der Waals surface area contributed by atoms with Crippen LogP contribution in [0.5, 0.6) is 0 Å². The molecule has 0 spiro atoms. The number of amides is 1. The minimum atomic E-state index is -0.456. The van der Waals surface area contributed by atoms with Crippen LogP contribution < -0.4 is 11.1 Å². The van der Waals surface area contributed by atoms with Gasteiger partial charge in [-0.15, -0.1) is 0 Å². The molecule has 1 heterocycles. The highest BCUT2D eigenvalue weighted by molar-refractivity contribution is 5.81. The average Bonchev–Trinajstić information content (AvgIpc) is 2.34. The van der Waals surface area contributed by atoms with Crippen molar-refractivity contribution in [1.82, 2.24) is 15.3 Å². The zero-order valence-electron chi connectivity index (χ0n) is 10.6. The number of hydrogen-bond donors (Lipinski definition) is 2. The Hall–Kier alpha value is -1.49. The molecule has 0 bridgehead atoms. The Balaban J connectivity index is 2.48. The summed E-state index contributed by atoms with van der Waals surface area (Å²) in [5.41, 5.74) is 6.61. The molecule has 0 saturated carbocycles. The van der Waals surface area contributed by atoms with Crippen molar-refractivity contribution < 1.29 is 4.79 Å². The molecule has 1 aromatic heterocycles. The van der Waals surface area contributed by atoms with Crippen molar-refractivity contribution in [2.75, 3.05) is 0 Å². The van der Waals surface area contributed by atoms with Crippen LogP contribution in [0.15, 0.2) is 12.3 Å². The summed E-state index contributed by atoms with van der Waals surface area (Å²) in [7, 11) is 0. The third kappa shape index (κ3) is 4.11. The van der Waals surface area contributed by atoms with Crippen LogP contribution in [0.2, 0.25) is 0 Å². The molecule has 94 valence electrons. The number of rotatable bonds is 5. The van der Waals surface area contributed by atoms with Gasteiger partial charge in [0.25, 0.3) is 0 Å². The van der Waals surface area contributed by atoms with E-state index in [1.807, 2.05) is 20.8 Å². The molecule has 1 amide bonds. The molecule has 5 nitrogen and oxygen atoms in total. The summed E-state index contributed by atoms with van der Waals surface area (Å²) < 4.78 is 0. The summed E-state index contributed by atoms with van der Waals surface area (Å²) in [6.07, 6.45) is 2.57. The van der Waals surface area contributed by atoms with Crippen molar-refractivity contribution in [3.63, 3.8) is 0 Å². The van der Waals surface area contributed by atoms with Crippen LogP contribution in [0.25, 0.3) is 0 Å². The van der Waals surface area contributed by atoms with Gasteiger partial charge in [0.05, 0.1) is 18.3 Å². The molecule has 0 radical (unpaired) electrons. The number of carbonyl (C=O) groups is 1. The first-order valence-electron chi connectivity index (χ1n) is 5.86. The predicted molar refractivity (Wildman–Crippen MR) is 66.0 cm³/mol. The lowest BCUT2D eigenvalue weighted by atomic mass is 9.99. The van der Waals surface area contributed by atoms with Crippen molar-refractivity contribution >= 4 is 5.91 Å². The molecule has 0 saturated heterocycles. The zero-order chi connectivity index (χ0) is 12.8. The van der Waals surface area contributed by atoms with Gasteiger partial charge in [-0.3, -0.25) is 4.79 Å². The number of nitrogens with one attached hydrogen (secondary N) is 1. The molecule has 17 heavy (non-hydrogen) atoms. The van der Waals surface area contributed by atoms with Crippen LogP contribution in [0.1, 0.15) is 31.8 Å². The van der Waals surface area contributed by atoms with E-state index < -0.39 is 6.04 Å². The van der Waals surface area contributed by atoms with Crippen LogP contribution in [0.4, 0.5) is 0 Å². The van der Waals surface area contributed by atoms with E-state index in [0.29, 0.717) is 12.4 Å². The highest BCUT2D eigenvalue weighted by atomic mass is 16.2. The quantitative estimate of drug-likeness (QED) is 0.791. The van der Waals surface area contributed by atoms with Gasteiger partial charge in [0.1, 0.15) is 5.82 Å². The summed E-state index contributed by atoms with van der Waals surface area (Å²) in [6.45, 7) is 6.20. The number of hydrogen-bond acceptors (Lipinski definition) is 4. The highest BCUT2D eigenvalue weighted by Crippen LogP contribution is 2.05. The van der Waals surface area contributed by atoms with Crippen molar-refractivity contribution in [3.05, 3.63) is 23.8 Å². The molecule has 0 aliphatic rings. The van der Waals surface area contributed by atoms with Gasteiger partial charge in [0.15, 0.2) is 0 Å². The Morgan fingerprint density at radius 3 is 2.88 bits per heavy atom. The number of nitrogens with zero attached hydrogens (tertiary/aromatic N) is 2. The second-order valence-electron chi connectivity index (χ2n) is 4.22. The normalized spacial score (nSPS) is 14.1. The SMILES string of the molecule is CCC(C)C(N)C(=O)NCc1ccnc(C)n1. The highest BCUT2D eigenvalue weighted by Gasteiger charge is 2.18. The molecule has 1 aromatic rings. The third-order valence-corrected chi connectivity index (χ3v) is 2.84. The molecule has 1 rings (SSSR count). The number of aryl methyl sites for hydroxylation is 1. The number of aromatic nitrogens is 2. The standard InChI is InChI=1S/C12H20N4O/c1-4-8(2)11(13)12(17)15-7-10-5-6-14-9(3)16-10/h5-6,8,11H,4,7,13H2,1-3H3,(H,15,17). The monoisotopic (exact) mass is 236 g/mol. The fourth-order valence-electron chi connectivity index (χ4n) is 1.41. The Morgan fingerprint density at radius 2 is 2.29 bits per heavy atom. The molecular formula is C12H20N4O. The Morgan fingerprint density at radius 1 is 1.59 bits per heavy atom. The lowest BCUT2D eigenvalue weighted by molar-refractivity contribution is -0.123. The second-order valence-corrected chi connectivity index (χ2v) is 4.22. The van der Waals surface area contributed by atoms with Crippen molar-refractivity contribution in [1.29, 1.82) is 0 Å². The van der Waals surface area contributed by atoms with Gasteiger partial charge in [-0.1, -0.05) is 20.3 Å². The van der Waals surface area contributed by atoms with Gasteiger partial charge in [-0.05, 0) is 18.9 Å². The first-order chi connectivity index (χ1) is 8.04. The second kappa shape index (κ2) is 6.30. The molecule has 0 aromatic carbocycles. The van der Waals surface area contributed by atoms with Crippen LogP contribution in [-0.4, -0.2) is 21.9 Å². The summed E-state index contributed by atoms with van der Waals surface area (Å²) >= 11 is 0. The van der Waals surface area contributed by atoms with Gasteiger partial charge >= 0.3 is 0 Å². The maximum Gasteiger partial charge on any atom is 0.237 e. The maximum atomic E-state index is 11.7. The van der Waals surface area contributed by atoms with E-state index in [2.05, 4.69) is 15.3 Å². The van der Waals surface area contributed by atoms with Crippen LogP contribution in [0, 0.1) is 12.8 Å². The van der Waals surface area contributed by atoms with E-state index in [4.69, 9.17) is 5.73 Å². The third-order valence-electron chi connectivity index (χ3n) is 2.84. The van der Waals surface area contributed by atoms with Gasteiger partial charge < -0.3 is 11.1 Å². The van der Waals surface area contributed by atoms with Crippen molar-refractivity contribution in [2.45, 2.75) is 39.8 Å². The zero-order valence-corrected chi connectivity index (χ0v) is 10.6. The van der Waals surface area contributed by atoms with E-state index in [1.54, 1.807) is 12.3 Å². The maximum absolute atomic E-state index is 11.7. The Kier molecular flexibility index (Phi) is 5.03. The summed E-state index contributed by atoms with van der Waals surface area (Å²) in [6, 6.07) is 1.32. The van der Waals surface area contributed by atoms with Crippen LogP contribution in [0.3, 0.4) is 0 Å². The molecule has 0 aliphatic carbocycles. The van der Waals surface area contributed by atoms with Gasteiger partial charge in [0.2, 0.25) is 5.91 Å². The summed E-state index contributed by atoms with van der Waals surface area (Å²) in [5.74, 6) is 0.751. The summed E-state index contributed by atoms with van der Waals surface area (Å²) in [4.78, 5) is 19.9. The van der Waals surface area contributed by atoms with E-state index in [-0.39, 0.29) is 11.8 Å². The van der Waals surface area contributed by atoms with E-state index in [1.165, 1.54) is 0 Å². The van der Waals surface area contributed by atoms with Crippen molar-refractivity contribution in [2.24, 2.45) is 11.7 Å². The fourth-order valence-corrected chi connectivity index (χ4v) is 1.41. The average molecular weight is 236 g/mol. The molecule has 2 unspecified atom stereocenters. The predicted octanol–water partition coefficient (Wildman–Crippen LogP) is 0.775. The Labute approximate surface area is 102 Å². The molecule has 2 atom stereocenters. The topological polar surface area (TPSA) is 80.9 Å². The van der Waals surface area contributed by atoms with Crippen LogP contribution >= 0.6 is 0 Å². The molecular weight excluding hydrogens is 216 g/mol. The van der Waals surface area contributed by atoms with Gasteiger partial charge in [-0.25, -0.2) is 9.97 Å². The largest absolute Gasteiger partial charge is 0.349 e. The molecule has 3 N–H and O–H groups in total. The summed E-state index contributed by atoms with van der Waals surface area (Å²) in [5, 5.41) is 2.79. The van der Waals surface area contributed by atoms with E-state index in [9.17, 15) is 4.79 Å². The first-order valence-corrected chi connectivity index (χ1v) is 5.86. The smallest absolute Gasteiger partial charge is 0.237 e. The van der Waals surface area contributed by atoms with Crippen LogP contribution in [-0.2, 0) is 11.3 Å². The van der Waals surface area contributed by atoms with Gasteiger partial charge in [-0.2, -0.15) is 0 Å². The first kappa shape index (κ1) is 13.6. The lowest BCUT2D eigenvalue weighted by Crippen LogP contribution is -2.44. The van der Waals surface area contributed by atoms with E-state index in [0.717, 1.165) is 12.1 Å². The fraction of sp³-hybridized carbons (Fsp3) is 0.583. The number of nitrogens with two attached hydrogens (primary N) is 1.